The van der Waals surface area contributed by atoms with Crippen molar-refractivity contribution in [2.75, 3.05) is 26.2 Å². The van der Waals surface area contributed by atoms with Gasteiger partial charge < -0.3 is 29.8 Å². The van der Waals surface area contributed by atoms with E-state index in [4.69, 9.17) is 19.1 Å². The van der Waals surface area contributed by atoms with Crippen molar-refractivity contribution in [3.05, 3.63) is 0 Å². The molecule has 0 aromatic rings. The van der Waals surface area contributed by atoms with Crippen LogP contribution in [0.3, 0.4) is 0 Å². The van der Waals surface area contributed by atoms with Gasteiger partial charge in [-0.15, -0.1) is 10.1 Å². The molecule has 2 amide bonds. The van der Waals surface area contributed by atoms with Crippen LogP contribution in [0.15, 0.2) is 0 Å². The predicted molar refractivity (Wildman–Crippen MR) is 125 cm³/mol. The van der Waals surface area contributed by atoms with Gasteiger partial charge in [-0.2, -0.15) is 0 Å². The molecule has 12 nitrogen and oxygen atoms in total. The van der Waals surface area contributed by atoms with Gasteiger partial charge in [0.2, 0.25) is 0 Å². The van der Waals surface area contributed by atoms with Crippen LogP contribution in [0, 0.1) is 10.8 Å². The molecule has 4 rings (SSSR count). The second kappa shape index (κ2) is 9.05. The highest BCUT2D eigenvalue weighted by atomic mass is 16.8. The highest BCUT2D eigenvalue weighted by Crippen LogP contribution is 2.48. The van der Waals surface area contributed by atoms with Crippen molar-refractivity contribution >= 4 is 24.1 Å². The van der Waals surface area contributed by atoms with Crippen molar-refractivity contribution in [3.8, 4) is 0 Å². The molecule has 2 heterocycles. The third kappa shape index (κ3) is 5.69. The molecule has 4 fully saturated rings. The standard InChI is InChI=1S/C24H38N4O8/c1-21(2,3)33-19(31)27(15-7-23(8-15)11-25-12-23)35-17(29)18(30)36-28(20(32)34-22(4,5)6)16-9-24(10-16)13-26-14-24/h15-16,25-26H,7-14H2,1-6H3. The number of rotatable bonds is 2. The molecule has 2 spiro atoms. The number of hydrogen-bond acceptors (Lipinski definition) is 10. The molecule has 0 atom stereocenters. The third-order valence-corrected chi connectivity index (χ3v) is 7.01. The summed E-state index contributed by atoms with van der Waals surface area (Å²) in [5.74, 6) is -2.83. The molecule has 4 aliphatic rings. The molecule has 0 unspecified atom stereocenters. The Labute approximate surface area is 211 Å². The number of hydroxylamine groups is 4. The van der Waals surface area contributed by atoms with Gasteiger partial charge in [0.05, 0.1) is 12.1 Å². The Balaban J connectivity index is 1.41. The lowest BCUT2D eigenvalue weighted by Crippen LogP contribution is -2.66. The normalized spacial score (nSPS) is 23.8. The molecule has 0 aromatic heterocycles. The third-order valence-electron chi connectivity index (χ3n) is 7.01. The maximum Gasteiger partial charge on any atom is 0.444 e. The Morgan fingerprint density at radius 3 is 1.17 bits per heavy atom. The average Bonchev–Trinajstić information content (AvgIpc) is 2.58. The van der Waals surface area contributed by atoms with Crippen LogP contribution >= 0.6 is 0 Å². The molecule has 0 aromatic carbocycles. The molecule has 36 heavy (non-hydrogen) atoms. The molecular weight excluding hydrogens is 472 g/mol. The molecular formula is C24H38N4O8. The van der Waals surface area contributed by atoms with Gasteiger partial charge in [0.25, 0.3) is 0 Å². The van der Waals surface area contributed by atoms with Gasteiger partial charge in [0.1, 0.15) is 11.2 Å². The first-order valence-corrected chi connectivity index (χ1v) is 12.5. The SMILES string of the molecule is CC(C)(C)OC(=O)N(OC(=O)C(=O)ON(C(=O)OC(C)(C)C)C1CC2(CNC2)C1)C1CC2(CNC2)C1. The zero-order valence-corrected chi connectivity index (χ0v) is 22.0. The molecule has 12 heteroatoms. The van der Waals surface area contributed by atoms with Gasteiger partial charge >= 0.3 is 24.1 Å². The van der Waals surface area contributed by atoms with Crippen molar-refractivity contribution in [3.63, 3.8) is 0 Å². The number of ether oxygens (including phenoxy) is 2. The Hall–Kier alpha value is -2.60. The molecule has 0 radical (unpaired) electrons. The lowest BCUT2D eigenvalue weighted by atomic mass is 9.61. The molecule has 202 valence electrons. The molecule has 2 N–H and O–H groups in total. The van der Waals surface area contributed by atoms with Gasteiger partial charge in [-0.05, 0) is 78.1 Å². The van der Waals surface area contributed by atoms with Crippen LogP contribution in [0.2, 0.25) is 0 Å². The van der Waals surface area contributed by atoms with E-state index in [2.05, 4.69) is 10.6 Å². The summed E-state index contributed by atoms with van der Waals surface area (Å²) in [5, 5.41) is 8.06. The van der Waals surface area contributed by atoms with E-state index in [9.17, 15) is 19.2 Å². The van der Waals surface area contributed by atoms with E-state index in [0.717, 1.165) is 36.3 Å². The van der Waals surface area contributed by atoms with E-state index >= 15 is 0 Å². The maximum atomic E-state index is 12.8. The Morgan fingerprint density at radius 1 is 0.639 bits per heavy atom. The van der Waals surface area contributed by atoms with E-state index in [0.29, 0.717) is 25.7 Å². The summed E-state index contributed by atoms with van der Waals surface area (Å²) < 4.78 is 10.8. The molecule has 2 aliphatic carbocycles. The monoisotopic (exact) mass is 510 g/mol. The number of carbonyl (C=O) groups excluding carboxylic acids is 4. The first kappa shape index (κ1) is 26.5. The minimum atomic E-state index is -1.42. The van der Waals surface area contributed by atoms with Crippen molar-refractivity contribution in [2.45, 2.75) is 90.5 Å². The summed E-state index contributed by atoms with van der Waals surface area (Å²) >= 11 is 0. The smallest absolute Gasteiger partial charge is 0.442 e. The molecule has 2 saturated carbocycles. The molecule has 2 aliphatic heterocycles. The molecule has 0 bridgehead atoms. The van der Waals surface area contributed by atoms with Crippen LogP contribution in [-0.2, 0) is 28.7 Å². The number of hydrogen-bond donors (Lipinski definition) is 2. The van der Waals surface area contributed by atoms with Crippen molar-refractivity contribution in [2.24, 2.45) is 10.8 Å². The second-order valence-electron chi connectivity index (χ2n) is 12.7. The Morgan fingerprint density at radius 2 is 0.944 bits per heavy atom. The van der Waals surface area contributed by atoms with Crippen LogP contribution in [0.25, 0.3) is 0 Å². The summed E-state index contributed by atoms with van der Waals surface area (Å²) in [7, 11) is 0. The van der Waals surface area contributed by atoms with E-state index in [1.54, 1.807) is 41.5 Å². The Kier molecular flexibility index (Phi) is 6.66. The summed E-state index contributed by atoms with van der Waals surface area (Å²) in [6, 6.07) is -0.837. The van der Waals surface area contributed by atoms with Gasteiger partial charge in [-0.1, -0.05) is 0 Å². The average molecular weight is 511 g/mol. The Bertz CT molecular complexity index is 826. The summed E-state index contributed by atoms with van der Waals surface area (Å²) in [4.78, 5) is 61.5. The van der Waals surface area contributed by atoms with Crippen LogP contribution in [0.4, 0.5) is 9.59 Å². The van der Waals surface area contributed by atoms with Crippen LogP contribution in [-0.4, -0.2) is 83.7 Å². The minimum Gasteiger partial charge on any atom is -0.442 e. The largest absolute Gasteiger partial charge is 0.444 e. The van der Waals surface area contributed by atoms with Crippen molar-refractivity contribution < 1.29 is 38.3 Å². The van der Waals surface area contributed by atoms with Gasteiger partial charge in [-0.3, -0.25) is 0 Å². The predicted octanol–water partition coefficient (Wildman–Crippen LogP) is 1.88. The van der Waals surface area contributed by atoms with Gasteiger partial charge in [-0.25, -0.2) is 19.2 Å². The van der Waals surface area contributed by atoms with Crippen molar-refractivity contribution in [1.29, 1.82) is 0 Å². The van der Waals surface area contributed by atoms with E-state index in [1.807, 2.05) is 0 Å². The number of carbonyl (C=O) groups is 4. The van der Waals surface area contributed by atoms with Crippen LogP contribution < -0.4 is 10.6 Å². The first-order chi connectivity index (χ1) is 16.6. The summed E-state index contributed by atoms with van der Waals surface area (Å²) in [6.07, 6.45) is 0.734. The van der Waals surface area contributed by atoms with Crippen molar-refractivity contribution in [1.82, 2.24) is 20.8 Å². The number of amides is 2. The number of nitrogens with zero attached hydrogens (tertiary/aromatic N) is 2. The fourth-order valence-electron chi connectivity index (χ4n) is 5.13. The lowest BCUT2D eigenvalue weighted by molar-refractivity contribution is -0.236. The van der Waals surface area contributed by atoms with Crippen LogP contribution in [0.1, 0.15) is 67.2 Å². The number of nitrogens with one attached hydrogen (secondary N) is 2. The fraction of sp³-hybridized carbons (Fsp3) is 0.833. The zero-order valence-electron chi connectivity index (χ0n) is 22.0. The first-order valence-electron chi connectivity index (χ1n) is 12.5. The van der Waals surface area contributed by atoms with E-state index < -0.39 is 47.4 Å². The van der Waals surface area contributed by atoms with Crippen LogP contribution in [0.5, 0.6) is 0 Å². The fourth-order valence-corrected chi connectivity index (χ4v) is 5.13. The van der Waals surface area contributed by atoms with E-state index in [-0.39, 0.29) is 10.8 Å². The second-order valence-corrected chi connectivity index (χ2v) is 12.7. The molecule has 2 saturated heterocycles. The zero-order chi connectivity index (χ0) is 26.5. The van der Waals surface area contributed by atoms with E-state index in [1.165, 1.54) is 0 Å². The summed E-state index contributed by atoms with van der Waals surface area (Å²) in [5.41, 5.74) is -1.51. The topological polar surface area (TPSA) is 136 Å². The maximum absolute atomic E-state index is 12.8. The minimum absolute atomic E-state index is 0.0714. The summed E-state index contributed by atoms with van der Waals surface area (Å²) in [6.45, 7) is 13.5. The van der Waals surface area contributed by atoms with Gasteiger partial charge in [0, 0.05) is 26.2 Å². The quantitative estimate of drug-likeness (QED) is 0.419. The highest BCUT2D eigenvalue weighted by molar-refractivity contribution is 6.29. The van der Waals surface area contributed by atoms with Gasteiger partial charge in [0.15, 0.2) is 0 Å². The lowest BCUT2D eigenvalue weighted by Gasteiger charge is -2.55. The highest BCUT2D eigenvalue weighted by Gasteiger charge is 2.55.